The monoisotopic (exact) mass is 514 g/mol. The Morgan fingerprint density at radius 2 is 1.47 bits per heavy atom. The van der Waals surface area contributed by atoms with Gasteiger partial charge in [0.25, 0.3) is 0 Å². The molecule has 0 aliphatic carbocycles. The van der Waals surface area contributed by atoms with E-state index in [0.717, 1.165) is 39.7 Å². The SMILES string of the molecule is CCc1cccc(CC)c1NC(=O)[C@H](Cc1ccccc1)NS(=O)(=O)c1ccc(Br)cc1. The minimum Gasteiger partial charge on any atom is -0.324 e. The van der Waals surface area contributed by atoms with E-state index in [-0.39, 0.29) is 17.2 Å². The van der Waals surface area contributed by atoms with Gasteiger partial charge in [-0.3, -0.25) is 4.79 Å². The topological polar surface area (TPSA) is 75.3 Å². The zero-order valence-electron chi connectivity index (χ0n) is 18.1. The molecule has 3 aromatic rings. The average Bonchev–Trinajstić information content (AvgIpc) is 2.79. The Hall–Kier alpha value is -2.48. The van der Waals surface area contributed by atoms with Crippen molar-refractivity contribution in [3.05, 3.63) is 94.0 Å². The van der Waals surface area contributed by atoms with E-state index in [1.54, 1.807) is 12.1 Å². The van der Waals surface area contributed by atoms with Crippen LogP contribution < -0.4 is 10.0 Å². The summed E-state index contributed by atoms with van der Waals surface area (Å²) in [5, 5.41) is 3.01. The van der Waals surface area contributed by atoms with Gasteiger partial charge in [-0.1, -0.05) is 78.3 Å². The summed E-state index contributed by atoms with van der Waals surface area (Å²) < 4.78 is 29.5. The van der Waals surface area contributed by atoms with Crippen molar-refractivity contribution in [1.29, 1.82) is 0 Å². The standard InChI is InChI=1S/C25H27BrN2O3S/c1-3-19-11-8-12-20(4-2)24(19)27-25(29)23(17-18-9-6-5-7-10-18)28-32(30,31)22-15-13-21(26)14-16-22/h5-16,23,28H,3-4,17H2,1-2H3,(H,27,29)/t23-/m0/s1. The van der Waals surface area contributed by atoms with Crippen molar-refractivity contribution in [1.82, 2.24) is 4.72 Å². The smallest absolute Gasteiger partial charge is 0.242 e. The number of carbonyl (C=O) groups is 1. The van der Waals surface area contributed by atoms with E-state index in [1.165, 1.54) is 12.1 Å². The van der Waals surface area contributed by atoms with Crippen LogP contribution in [0.4, 0.5) is 5.69 Å². The fraction of sp³-hybridized carbons (Fsp3) is 0.240. The highest BCUT2D eigenvalue weighted by Crippen LogP contribution is 2.23. The summed E-state index contributed by atoms with van der Waals surface area (Å²) in [7, 11) is -3.90. The van der Waals surface area contributed by atoms with Crippen molar-refractivity contribution in [3.63, 3.8) is 0 Å². The molecule has 3 aromatic carbocycles. The molecule has 0 aliphatic rings. The van der Waals surface area contributed by atoms with Crippen LogP contribution in [0.3, 0.4) is 0 Å². The molecule has 0 unspecified atom stereocenters. The number of anilines is 1. The van der Waals surface area contributed by atoms with Crippen molar-refractivity contribution >= 4 is 37.5 Å². The molecule has 0 radical (unpaired) electrons. The summed E-state index contributed by atoms with van der Waals surface area (Å²) in [5.74, 6) is -0.384. The second-order valence-electron chi connectivity index (χ2n) is 7.47. The van der Waals surface area contributed by atoms with Gasteiger partial charge in [-0.25, -0.2) is 8.42 Å². The fourth-order valence-electron chi connectivity index (χ4n) is 3.52. The predicted octanol–water partition coefficient (Wildman–Crippen LogP) is 5.10. The lowest BCUT2D eigenvalue weighted by Crippen LogP contribution is -2.45. The molecule has 1 atom stereocenters. The maximum absolute atomic E-state index is 13.4. The first-order chi connectivity index (χ1) is 15.3. The third-order valence-corrected chi connectivity index (χ3v) is 7.28. The Bertz CT molecular complexity index is 1140. The Balaban J connectivity index is 1.92. The number of benzene rings is 3. The number of halogens is 1. The number of sulfonamides is 1. The van der Waals surface area contributed by atoms with Crippen molar-refractivity contribution < 1.29 is 13.2 Å². The van der Waals surface area contributed by atoms with Gasteiger partial charge >= 0.3 is 0 Å². The van der Waals surface area contributed by atoms with Crippen molar-refractivity contribution in [2.45, 2.75) is 44.0 Å². The number of nitrogens with one attached hydrogen (secondary N) is 2. The Kier molecular flexibility index (Phi) is 8.23. The zero-order valence-corrected chi connectivity index (χ0v) is 20.5. The van der Waals surface area contributed by atoms with E-state index in [9.17, 15) is 13.2 Å². The quantitative estimate of drug-likeness (QED) is 0.416. The van der Waals surface area contributed by atoms with Gasteiger partial charge in [-0.05, 0) is 60.2 Å². The Labute approximate surface area is 198 Å². The van der Waals surface area contributed by atoms with Gasteiger partial charge in [0, 0.05) is 10.2 Å². The molecule has 32 heavy (non-hydrogen) atoms. The zero-order chi connectivity index (χ0) is 23.1. The number of hydrogen-bond donors (Lipinski definition) is 2. The van der Waals surface area contributed by atoms with Crippen molar-refractivity contribution in [2.24, 2.45) is 0 Å². The highest BCUT2D eigenvalue weighted by Gasteiger charge is 2.27. The van der Waals surface area contributed by atoms with Gasteiger partial charge in [0.15, 0.2) is 0 Å². The van der Waals surface area contributed by atoms with E-state index < -0.39 is 16.1 Å². The third kappa shape index (κ3) is 6.06. The summed E-state index contributed by atoms with van der Waals surface area (Å²) >= 11 is 3.32. The predicted molar refractivity (Wildman–Crippen MR) is 132 cm³/mol. The second kappa shape index (κ2) is 10.9. The van der Waals surface area contributed by atoms with E-state index in [0.29, 0.717) is 0 Å². The number of para-hydroxylation sites is 1. The molecule has 0 fully saturated rings. The number of rotatable bonds is 9. The first-order valence-electron chi connectivity index (χ1n) is 10.6. The summed E-state index contributed by atoms with van der Waals surface area (Å²) in [4.78, 5) is 13.5. The van der Waals surface area contributed by atoms with Gasteiger partial charge < -0.3 is 5.32 Å². The molecule has 2 N–H and O–H groups in total. The largest absolute Gasteiger partial charge is 0.324 e. The summed E-state index contributed by atoms with van der Waals surface area (Å²) in [6, 6.07) is 20.7. The van der Waals surface area contributed by atoms with Crippen LogP contribution >= 0.6 is 15.9 Å². The molecular formula is C25H27BrN2O3S. The molecule has 0 saturated carbocycles. The average molecular weight is 515 g/mol. The lowest BCUT2D eigenvalue weighted by Gasteiger charge is -2.21. The molecule has 0 saturated heterocycles. The second-order valence-corrected chi connectivity index (χ2v) is 10.1. The third-order valence-electron chi connectivity index (χ3n) is 5.27. The van der Waals surface area contributed by atoms with E-state index in [4.69, 9.17) is 0 Å². The molecule has 0 aliphatic heterocycles. The van der Waals surface area contributed by atoms with Crippen molar-refractivity contribution in [3.8, 4) is 0 Å². The van der Waals surface area contributed by atoms with Crippen molar-refractivity contribution in [2.75, 3.05) is 5.32 Å². The highest BCUT2D eigenvalue weighted by atomic mass is 79.9. The molecule has 0 aromatic heterocycles. The summed E-state index contributed by atoms with van der Waals surface area (Å²) in [6.07, 6.45) is 1.76. The molecule has 3 rings (SSSR count). The van der Waals surface area contributed by atoms with Gasteiger partial charge in [0.1, 0.15) is 6.04 Å². The van der Waals surface area contributed by atoms with Crippen LogP contribution in [-0.2, 0) is 34.1 Å². The van der Waals surface area contributed by atoms with E-state index in [1.807, 2.05) is 62.4 Å². The number of carbonyl (C=O) groups excluding carboxylic acids is 1. The fourth-order valence-corrected chi connectivity index (χ4v) is 4.98. The first-order valence-corrected chi connectivity index (χ1v) is 12.8. The van der Waals surface area contributed by atoms with Crippen LogP contribution in [0.15, 0.2) is 82.2 Å². The van der Waals surface area contributed by atoms with E-state index in [2.05, 4.69) is 26.0 Å². The maximum atomic E-state index is 13.4. The van der Waals surface area contributed by atoms with E-state index >= 15 is 0 Å². The number of hydrogen-bond acceptors (Lipinski definition) is 3. The summed E-state index contributed by atoms with van der Waals surface area (Å²) in [5.41, 5.74) is 3.67. The Morgan fingerprint density at radius 1 is 0.875 bits per heavy atom. The van der Waals surface area contributed by atoms with Crippen LogP contribution in [-0.4, -0.2) is 20.4 Å². The molecule has 168 valence electrons. The van der Waals surface area contributed by atoms with Crippen LogP contribution in [0.25, 0.3) is 0 Å². The normalized spacial score (nSPS) is 12.3. The summed E-state index contributed by atoms with van der Waals surface area (Å²) in [6.45, 7) is 4.06. The highest BCUT2D eigenvalue weighted by molar-refractivity contribution is 9.10. The molecule has 7 heteroatoms. The van der Waals surface area contributed by atoms with Gasteiger partial charge in [-0.15, -0.1) is 0 Å². The Morgan fingerprint density at radius 3 is 2.03 bits per heavy atom. The van der Waals surface area contributed by atoms with Crippen LogP contribution in [0.1, 0.15) is 30.5 Å². The van der Waals surface area contributed by atoms with Crippen LogP contribution in [0.5, 0.6) is 0 Å². The van der Waals surface area contributed by atoms with Gasteiger partial charge in [-0.2, -0.15) is 4.72 Å². The lowest BCUT2D eigenvalue weighted by molar-refractivity contribution is -0.117. The van der Waals surface area contributed by atoms with Gasteiger partial charge in [0.2, 0.25) is 15.9 Å². The molecule has 5 nitrogen and oxygen atoms in total. The lowest BCUT2D eigenvalue weighted by atomic mass is 10.0. The maximum Gasteiger partial charge on any atom is 0.242 e. The molecular weight excluding hydrogens is 488 g/mol. The van der Waals surface area contributed by atoms with Crippen LogP contribution in [0.2, 0.25) is 0 Å². The van der Waals surface area contributed by atoms with Crippen LogP contribution in [0, 0.1) is 0 Å². The molecule has 0 bridgehead atoms. The number of amides is 1. The molecule has 1 amide bonds. The van der Waals surface area contributed by atoms with Gasteiger partial charge in [0.05, 0.1) is 4.90 Å². The molecule has 0 spiro atoms. The molecule has 0 heterocycles. The minimum absolute atomic E-state index is 0.106. The number of aryl methyl sites for hydroxylation is 2. The first kappa shape index (κ1) is 24.2. The minimum atomic E-state index is -3.90.